The smallest absolute Gasteiger partial charge is 0.336 e. The summed E-state index contributed by atoms with van der Waals surface area (Å²) in [5, 5.41) is 9.14. The van der Waals surface area contributed by atoms with Gasteiger partial charge >= 0.3 is 5.97 Å². The van der Waals surface area contributed by atoms with E-state index in [2.05, 4.69) is 0 Å². The molecule has 0 amide bonds. The number of halogens is 1. The number of rotatable bonds is 4. The molecule has 0 aromatic heterocycles. The van der Waals surface area contributed by atoms with Crippen LogP contribution in [0.1, 0.15) is 17.3 Å². The van der Waals surface area contributed by atoms with Gasteiger partial charge in [0.05, 0.1) is 12.2 Å². The molecule has 0 bridgehead atoms. The van der Waals surface area contributed by atoms with E-state index in [1.807, 2.05) is 0 Å². The van der Waals surface area contributed by atoms with Gasteiger partial charge in [0.15, 0.2) is 11.6 Å². The van der Waals surface area contributed by atoms with Crippen LogP contribution in [0.25, 0.3) is 11.1 Å². The number of carboxylic acids is 1. The maximum absolute atomic E-state index is 14.3. The lowest BCUT2D eigenvalue weighted by Gasteiger charge is -2.10. The third kappa shape index (κ3) is 2.57. The quantitative estimate of drug-likeness (QED) is 0.913. The first-order chi connectivity index (χ1) is 9.15. The number of aromatic carboxylic acids is 1. The Bertz CT molecular complexity index is 608. The van der Waals surface area contributed by atoms with Crippen LogP contribution in [0.4, 0.5) is 4.39 Å². The van der Waals surface area contributed by atoms with E-state index in [1.54, 1.807) is 37.3 Å². The highest BCUT2D eigenvalue weighted by atomic mass is 19.1. The Morgan fingerprint density at radius 1 is 1.16 bits per heavy atom. The Kier molecular flexibility index (Phi) is 3.80. The number of ether oxygens (including phenoxy) is 1. The van der Waals surface area contributed by atoms with Crippen LogP contribution in [-0.2, 0) is 0 Å². The molecular formula is C15H13FO3. The van der Waals surface area contributed by atoms with Gasteiger partial charge < -0.3 is 9.84 Å². The van der Waals surface area contributed by atoms with Gasteiger partial charge in [0.1, 0.15) is 0 Å². The van der Waals surface area contributed by atoms with Gasteiger partial charge in [-0.1, -0.05) is 30.3 Å². The van der Waals surface area contributed by atoms with Gasteiger partial charge in [0.2, 0.25) is 0 Å². The van der Waals surface area contributed by atoms with Crippen LogP contribution in [0, 0.1) is 5.82 Å². The summed E-state index contributed by atoms with van der Waals surface area (Å²) in [4.78, 5) is 11.2. The highest BCUT2D eigenvalue weighted by Gasteiger charge is 2.16. The van der Waals surface area contributed by atoms with Gasteiger partial charge in [-0.25, -0.2) is 9.18 Å². The van der Waals surface area contributed by atoms with Gasteiger partial charge in [-0.3, -0.25) is 0 Å². The zero-order valence-corrected chi connectivity index (χ0v) is 10.4. The molecule has 2 aromatic rings. The summed E-state index contributed by atoms with van der Waals surface area (Å²) < 4.78 is 19.4. The van der Waals surface area contributed by atoms with Gasteiger partial charge in [-0.05, 0) is 24.6 Å². The average molecular weight is 260 g/mol. The van der Waals surface area contributed by atoms with E-state index in [4.69, 9.17) is 9.84 Å². The molecule has 0 saturated carbocycles. The third-order valence-electron chi connectivity index (χ3n) is 2.71. The van der Waals surface area contributed by atoms with Crippen molar-refractivity contribution >= 4 is 5.97 Å². The molecular weight excluding hydrogens is 247 g/mol. The molecule has 2 aromatic carbocycles. The summed E-state index contributed by atoms with van der Waals surface area (Å²) in [6.45, 7) is 2.11. The van der Waals surface area contributed by atoms with Crippen molar-refractivity contribution in [3.8, 4) is 16.9 Å². The molecule has 98 valence electrons. The Morgan fingerprint density at radius 3 is 2.53 bits per heavy atom. The first kappa shape index (κ1) is 13.1. The molecule has 2 rings (SSSR count). The number of hydrogen-bond acceptors (Lipinski definition) is 2. The fourth-order valence-corrected chi connectivity index (χ4v) is 1.89. The van der Waals surface area contributed by atoms with Gasteiger partial charge in [-0.2, -0.15) is 0 Å². The minimum atomic E-state index is -1.09. The molecule has 0 aliphatic heterocycles. The van der Waals surface area contributed by atoms with Crippen molar-refractivity contribution in [1.82, 2.24) is 0 Å². The van der Waals surface area contributed by atoms with E-state index < -0.39 is 11.8 Å². The lowest BCUT2D eigenvalue weighted by molar-refractivity contribution is 0.0697. The van der Waals surface area contributed by atoms with Crippen LogP contribution >= 0.6 is 0 Å². The van der Waals surface area contributed by atoms with Crippen molar-refractivity contribution < 1.29 is 19.0 Å². The van der Waals surface area contributed by atoms with E-state index in [0.717, 1.165) is 0 Å². The Labute approximate surface area is 110 Å². The van der Waals surface area contributed by atoms with Crippen molar-refractivity contribution in [3.05, 3.63) is 53.8 Å². The third-order valence-corrected chi connectivity index (χ3v) is 2.71. The number of hydrogen-bond donors (Lipinski definition) is 1. The van der Waals surface area contributed by atoms with E-state index in [9.17, 15) is 9.18 Å². The SMILES string of the molecule is CCOc1cccc(-c2ccccc2C(=O)O)c1F. The fraction of sp³-hybridized carbons (Fsp3) is 0.133. The summed E-state index contributed by atoms with van der Waals surface area (Å²) in [6.07, 6.45) is 0. The Hall–Kier alpha value is -2.36. The second kappa shape index (κ2) is 5.52. The summed E-state index contributed by atoms with van der Waals surface area (Å²) in [6, 6.07) is 11.0. The molecule has 0 fully saturated rings. The predicted octanol–water partition coefficient (Wildman–Crippen LogP) is 3.59. The average Bonchev–Trinajstić information content (AvgIpc) is 2.41. The zero-order chi connectivity index (χ0) is 13.8. The van der Waals surface area contributed by atoms with Crippen LogP contribution in [0.2, 0.25) is 0 Å². The van der Waals surface area contributed by atoms with Crippen LogP contribution in [-0.4, -0.2) is 17.7 Å². The number of carboxylic acid groups (broad SMARTS) is 1. The second-order valence-corrected chi connectivity index (χ2v) is 3.90. The number of benzene rings is 2. The van der Waals surface area contributed by atoms with E-state index in [-0.39, 0.29) is 16.9 Å². The maximum Gasteiger partial charge on any atom is 0.336 e. The van der Waals surface area contributed by atoms with Gasteiger partial charge in [-0.15, -0.1) is 0 Å². The van der Waals surface area contributed by atoms with Crippen molar-refractivity contribution in [1.29, 1.82) is 0 Å². The van der Waals surface area contributed by atoms with Gasteiger partial charge in [0, 0.05) is 5.56 Å². The Balaban J connectivity index is 2.59. The van der Waals surface area contributed by atoms with Crippen LogP contribution in [0.5, 0.6) is 5.75 Å². The standard InChI is InChI=1S/C15H13FO3/c1-2-19-13-9-5-8-11(14(13)16)10-6-3-4-7-12(10)15(17)18/h3-9H,2H2,1H3,(H,17,18). The van der Waals surface area contributed by atoms with Crippen molar-refractivity contribution in [2.24, 2.45) is 0 Å². The minimum Gasteiger partial charge on any atom is -0.491 e. The van der Waals surface area contributed by atoms with Crippen LogP contribution in [0.3, 0.4) is 0 Å². The molecule has 3 nitrogen and oxygen atoms in total. The minimum absolute atomic E-state index is 0.0649. The second-order valence-electron chi connectivity index (χ2n) is 3.90. The number of carbonyl (C=O) groups is 1. The fourth-order valence-electron chi connectivity index (χ4n) is 1.89. The highest BCUT2D eigenvalue weighted by molar-refractivity contribution is 5.96. The molecule has 0 spiro atoms. The molecule has 4 heteroatoms. The highest BCUT2D eigenvalue weighted by Crippen LogP contribution is 2.31. The molecule has 0 aliphatic carbocycles. The maximum atomic E-state index is 14.3. The Morgan fingerprint density at radius 2 is 1.84 bits per heavy atom. The monoisotopic (exact) mass is 260 g/mol. The lowest BCUT2D eigenvalue weighted by Crippen LogP contribution is -2.01. The molecule has 0 saturated heterocycles. The topological polar surface area (TPSA) is 46.5 Å². The van der Waals surface area contributed by atoms with Crippen LogP contribution in [0.15, 0.2) is 42.5 Å². The summed E-state index contributed by atoms with van der Waals surface area (Å²) in [5.41, 5.74) is 0.632. The van der Waals surface area contributed by atoms with Crippen molar-refractivity contribution in [2.45, 2.75) is 6.92 Å². The summed E-state index contributed by atoms with van der Waals surface area (Å²) in [5.74, 6) is -1.50. The molecule has 0 unspecified atom stereocenters. The first-order valence-corrected chi connectivity index (χ1v) is 5.89. The van der Waals surface area contributed by atoms with Gasteiger partial charge in [0.25, 0.3) is 0 Å². The molecule has 0 atom stereocenters. The zero-order valence-electron chi connectivity index (χ0n) is 10.4. The van der Waals surface area contributed by atoms with Crippen molar-refractivity contribution in [2.75, 3.05) is 6.61 Å². The van der Waals surface area contributed by atoms with E-state index >= 15 is 0 Å². The first-order valence-electron chi connectivity index (χ1n) is 5.89. The van der Waals surface area contributed by atoms with E-state index in [1.165, 1.54) is 12.1 Å². The van der Waals surface area contributed by atoms with Crippen molar-refractivity contribution in [3.63, 3.8) is 0 Å². The lowest BCUT2D eigenvalue weighted by atomic mass is 9.99. The summed E-state index contributed by atoms with van der Waals surface area (Å²) >= 11 is 0. The molecule has 1 N–H and O–H groups in total. The van der Waals surface area contributed by atoms with Crippen LogP contribution < -0.4 is 4.74 Å². The normalized spacial score (nSPS) is 10.2. The predicted molar refractivity (Wildman–Crippen MR) is 70.0 cm³/mol. The molecule has 19 heavy (non-hydrogen) atoms. The molecule has 0 radical (unpaired) electrons. The van der Waals surface area contributed by atoms with E-state index in [0.29, 0.717) is 12.2 Å². The molecule has 0 heterocycles. The summed E-state index contributed by atoms with van der Waals surface area (Å²) in [7, 11) is 0. The largest absolute Gasteiger partial charge is 0.491 e. The molecule has 0 aliphatic rings.